The monoisotopic (exact) mass is 300 g/mol. The van der Waals surface area contributed by atoms with Crippen molar-refractivity contribution < 1.29 is 22.3 Å². The van der Waals surface area contributed by atoms with Crippen LogP contribution in [0.2, 0.25) is 5.02 Å². The molecule has 0 saturated carbocycles. The predicted octanol–water partition coefficient (Wildman–Crippen LogP) is 0.827. The molecule has 0 heterocycles. The number of aliphatic hydroxyl groups excluding tert-OH is 1. The minimum absolute atomic E-state index is 0.0942. The van der Waals surface area contributed by atoms with E-state index in [0.29, 0.717) is 0 Å². The number of aliphatic hydroxyl groups is 1. The van der Waals surface area contributed by atoms with Crippen molar-refractivity contribution in [3.8, 4) is 0 Å². The summed E-state index contributed by atoms with van der Waals surface area (Å²) in [4.78, 5) is -0.328. The number of hydrogen-bond acceptors (Lipinski definition) is 4. The van der Waals surface area contributed by atoms with Gasteiger partial charge in [0.1, 0.15) is 11.0 Å². The first-order valence-corrected chi connectivity index (χ1v) is 6.61. The van der Waals surface area contributed by atoms with E-state index >= 15 is 0 Å². The maximum atomic E-state index is 12.0. The highest BCUT2D eigenvalue weighted by atomic mass is 35.5. The smallest absolute Gasteiger partial charge is 0.265 e. The van der Waals surface area contributed by atoms with Crippen LogP contribution in [0.15, 0.2) is 23.1 Å². The van der Waals surface area contributed by atoms with Crippen molar-refractivity contribution in [1.29, 1.82) is 0 Å². The average Bonchev–Trinajstić information content (AvgIpc) is 2.29. The molecule has 9 heteroatoms. The second kappa shape index (κ2) is 5.79. The number of halogens is 3. The number of nitrogens with one attached hydrogen (secondary N) is 1. The van der Waals surface area contributed by atoms with Gasteiger partial charge in [0.05, 0.1) is 5.02 Å². The molecule has 0 aliphatic carbocycles. The number of rotatable bonds is 5. The lowest BCUT2D eigenvalue weighted by Gasteiger charge is -2.12. The fraction of sp³-hybridized carbons (Fsp3) is 0.333. The van der Waals surface area contributed by atoms with Gasteiger partial charge in [-0.15, -0.1) is 0 Å². The van der Waals surface area contributed by atoms with Crippen molar-refractivity contribution in [2.24, 2.45) is 0 Å². The first-order valence-electron chi connectivity index (χ1n) is 4.75. The highest BCUT2D eigenvalue weighted by molar-refractivity contribution is 7.89. The zero-order valence-electron chi connectivity index (χ0n) is 8.98. The Morgan fingerprint density at radius 3 is 2.61 bits per heavy atom. The largest absolute Gasteiger partial charge is 0.399 e. The Balaban J connectivity index is 2.90. The highest BCUT2D eigenvalue weighted by Gasteiger charge is 2.23. The van der Waals surface area contributed by atoms with Crippen LogP contribution in [0.4, 0.5) is 14.5 Å². The topological polar surface area (TPSA) is 92.4 Å². The molecule has 0 bridgehead atoms. The molecule has 0 amide bonds. The third kappa shape index (κ3) is 3.77. The fourth-order valence-electron chi connectivity index (χ4n) is 1.09. The van der Waals surface area contributed by atoms with Gasteiger partial charge in [-0.2, -0.15) is 0 Å². The maximum absolute atomic E-state index is 12.0. The zero-order valence-corrected chi connectivity index (χ0v) is 10.5. The second-order valence-corrected chi connectivity index (χ2v) is 5.59. The molecule has 0 saturated heterocycles. The molecule has 5 nitrogen and oxygen atoms in total. The molecule has 1 unspecified atom stereocenters. The Labute approximate surface area is 108 Å². The van der Waals surface area contributed by atoms with E-state index in [0.717, 1.165) is 6.07 Å². The van der Waals surface area contributed by atoms with E-state index in [1.807, 2.05) is 4.72 Å². The number of nitrogen functional groups attached to an aromatic ring is 1. The Hall–Kier alpha value is -0.960. The fourth-order valence-corrected chi connectivity index (χ4v) is 2.67. The van der Waals surface area contributed by atoms with Crippen molar-refractivity contribution in [2.75, 3.05) is 12.3 Å². The van der Waals surface area contributed by atoms with Crippen molar-refractivity contribution in [2.45, 2.75) is 17.4 Å². The molecule has 0 fully saturated rings. The maximum Gasteiger partial charge on any atom is 0.265 e. The van der Waals surface area contributed by atoms with E-state index in [1.165, 1.54) is 12.1 Å². The minimum Gasteiger partial charge on any atom is -0.399 e. The Morgan fingerprint density at radius 2 is 2.06 bits per heavy atom. The summed E-state index contributed by atoms with van der Waals surface area (Å²) >= 11 is 5.67. The van der Waals surface area contributed by atoms with E-state index in [1.54, 1.807) is 0 Å². The molecule has 1 rings (SSSR count). The molecular weight excluding hydrogens is 290 g/mol. The molecule has 0 aromatic heterocycles. The zero-order chi connectivity index (χ0) is 13.9. The van der Waals surface area contributed by atoms with E-state index in [4.69, 9.17) is 22.4 Å². The van der Waals surface area contributed by atoms with Gasteiger partial charge in [0.2, 0.25) is 10.0 Å². The highest BCUT2D eigenvalue weighted by Crippen LogP contribution is 2.23. The first-order chi connectivity index (χ1) is 8.24. The molecule has 4 N–H and O–H groups in total. The summed E-state index contributed by atoms with van der Waals surface area (Å²) in [5.41, 5.74) is 5.57. The third-order valence-corrected chi connectivity index (χ3v) is 3.92. The van der Waals surface area contributed by atoms with Gasteiger partial charge in [-0.3, -0.25) is 0 Å². The van der Waals surface area contributed by atoms with Crippen LogP contribution in [0, 0.1) is 0 Å². The van der Waals surface area contributed by atoms with Crippen LogP contribution in [-0.4, -0.2) is 32.6 Å². The lowest BCUT2D eigenvalue weighted by atomic mass is 10.3. The van der Waals surface area contributed by atoms with E-state index in [2.05, 4.69) is 0 Å². The molecule has 1 aromatic rings. The Bertz CT molecular complexity index is 525. The van der Waals surface area contributed by atoms with Crippen LogP contribution in [0.25, 0.3) is 0 Å². The van der Waals surface area contributed by atoms with Gasteiger partial charge in [-0.25, -0.2) is 21.9 Å². The molecule has 0 radical (unpaired) electrons. The average molecular weight is 301 g/mol. The number of benzene rings is 1. The van der Waals surface area contributed by atoms with Gasteiger partial charge in [0, 0.05) is 12.2 Å². The van der Waals surface area contributed by atoms with Crippen molar-refractivity contribution >= 4 is 27.3 Å². The van der Waals surface area contributed by atoms with Crippen molar-refractivity contribution in [3.63, 3.8) is 0 Å². The molecule has 0 aliphatic heterocycles. The van der Waals surface area contributed by atoms with Gasteiger partial charge in [-0.1, -0.05) is 11.6 Å². The first kappa shape index (κ1) is 15.1. The molecule has 1 aromatic carbocycles. The number of nitrogens with two attached hydrogens (primary N) is 1. The van der Waals surface area contributed by atoms with Crippen LogP contribution in [0.1, 0.15) is 0 Å². The summed E-state index contributed by atoms with van der Waals surface area (Å²) in [7, 11) is -4.10. The Kier molecular flexibility index (Phi) is 4.85. The summed E-state index contributed by atoms with van der Waals surface area (Å²) in [6, 6.07) is 3.77. The van der Waals surface area contributed by atoms with Crippen LogP contribution < -0.4 is 10.5 Å². The summed E-state index contributed by atoms with van der Waals surface area (Å²) < 4.78 is 49.3. The van der Waals surface area contributed by atoms with E-state index < -0.39 is 29.1 Å². The van der Waals surface area contributed by atoms with E-state index in [9.17, 15) is 17.2 Å². The van der Waals surface area contributed by atoms with Crippen molar-refractivity contribution in [1.82, 2.24) is 4.72 Å². The molecule has 0 spiro atoms. The number of hydrogen-bond donors (Lipinski definition) is 3. The lowest BCUT2D eigenvalue weighted by molar-refractivity contribution is -0.000451. The van der Waals surface area contributed by atoms with Gasteiger partial charge in [-0.05, 0) is 18.2 Å². The van der Waals surface area contributed by atoms with E-state index in [-0.39, 0.29) is 15.6 Å². The van der Waals surface area contributed by atoms with Crippen LogP contribution in [0.5, 0.6) is 0 Å². The molecule has 0 aliphatic rings. The standard InChI is InChI=1S/C9H11ClF2N2O3S/c10-6-2-1-5(13)3-8(6)18(16,17)14-4-7(15)9(11)12/h1-3,7,9,14-15H,4,13H2. The van der Waals surface area contributed by atoms with Crippen LogP contribution in [0.3, 0.4) is 0 Å². The second-order valence-electron chi connectivity index (χ2n) is 3.44. The number of alkyl halides is 2. The number of sulfonamides is 1. The van der Waals surface area contributed by atoms with Gasteiger partial charge < -0.3 is 10.8 Å². The van der Waals surface area contributed by atoms with Gasteiger partial charge in [0.15, 0.2) is 0 Å². The number of anilines is 1. The Morgan fingerprint density at radius 1 is 1.44 bits per heavy atom. The van der Waals surface area contributed by atoms with Crippen molar-refractivity contribution in [3.05, 3.63) is 23.2 Å². The summed E-state index contributed by atoms with van der Waals surface area (Å²) in [5.74, 6) is 0. The SMILES string of the molecule is Nc1ccc(Cl)c(S(=O)(=O)NCC(O)C(F)F)c1. The molecule has 102 valence electrons. The molecule has 18 heavy (non-hydrogen) atoms. The van der Waals surface area contributed by atoms with Gasteiger partial charge in [0.25, 0.3) is 6.43 Å². The summed E-state index contributed by atoms with van der Waals surface area (Å²) in [6.07, 6.45) is -5.12. The van der Waals surface area contributed by atoms with Crippen LogP contribution >= 0.6 is 11.6 Å². The normalized spacial score (nSPS) is 13.8. The lowest BCUT2D eigenvalue weighted by Crippen LogP contribution is -2.35. The summed E-state index contributed by atoms with van der Waals surface area (Å²) in [5, 5.41) is 8.73. The summed E-state index contributed by atoms with van der Waals surface area (Å²) in [6.45, 7) is -0.814. The molecular formula is C9H11ClF2N2O3S. The van der Waals surface area contributed by atoms with Crippen LogP contribution in [-0.2, 0) is 10.0 Å². The quantitative estimate of drug-likeness (QED) is 0.702. The predicted molar refractivity (Wildman–Crippen MR) is 63.1 cm³/mol. The molecule has 1 atom stereocenters. The minimum atomic E-state index is -4.10. The third-order valence-electron chi connectivity index (χ3n) is 2.02. The van der Waals surface area contributed by atoms with Gasteiger partial charge >= 0.3 is 0 Å².